The Hall–Kier alpha value is -2.29. The van der Waals surface area contributed by atoms with E-state index in [-0.39, 0.29) is 5.91 Å². The van der Waals surface area contributed by atoms with Gasteiger partial charge >= 0.3 is 0 Å². The number of anilines is 1. The fourth-order valence-corrected chi connectivity index (χ4v) is 3.44. The van der Waals surface area contributed by atoms with Crippen LogP contribution in [-0.2, 0) is 17.8 Å². The van der Waals surface area contributed by atoms with Crippen molar-refractivity contribution in [3.63, 3.8) is 0 Å². The van der Waals surface area contributed by atoms with Crippen LogP contribution in [0.4, 0.5) is 5.69 Å². The van der Waals surface area contributed by atoms with E-state index in [1.807, 2.05) is 11.0 Å². The van der Waals surface area contributed by atoms with Gasteiger partial charge in [0.15, 0.2) is 0 Å². The lowest BCUT2D eigenvalue weighted by atomic mass is 10.00. The van der Waals surface area contributed by atoms with E-state index < -0.39 is 0 Å². The third-order valence-electron chi connectivity index (χ3n) is 4.58. The lowest BCUT2D eigenvalue weighted by molar-refractivity contribution is -0.130. The molecule has 0 spiro atoms. The highest BCUT2D eigenvalue weighted by atomic mass is 16.2. The van der Waals surface area contributed by atoms with E-state index >= 15 is 0 Å². The molecule has 0 aliphatic carbocycles. The summed E-state index contributed by atoms with van der Waals surface area (Å²) in [5.74, 6) is 0.166. The summed E-state index contributed by atoms with van der Waals surface area (Å²) in [5, 5.41) is 3.34. The van der Waals surface area contributed by atoms with E-state index in [1.165, 1.54) is 27.8 Å². The number of rotatable bonds is 3. The van der Waals surface area contributed by atoms with E-state index in [0.717, 1.165) is 25.2 Å². The van der Waals surface area contributed by atoms with Crippen LogP contribution in [0.15, 0.2) is 36.4 Å². The number of fused-ring (bicyclic) bond motifs is 1. The molecule has 2 aromatic carbocycles. The molecular weight excluding hydrogens is 284 g/mol. The van der Waals surface area contributed by atoms with Gasteiger partial charge in [0.25, 0.3) is 0 Å². The smallest absolute Gasteiger partial charge is 0.242 e. The third kappa shape index (κ3) is 3.39. The minimum absolute atomic E-state index is 0.166. The van der Waals surface area contributed by atoms with Crippen LogP contribution in [-0.4, -0.2) is 23.9 Å². The van der Waals surface area contributed by atoms with Gasteiger partial charge in [-0.15, -0.1) is 0 Å². The van der Waals surface area contributed by atoms with Gasteiger partial charge in [-0.1, -0.05) is 42.0 Å². The monoisotopic (exact) mass is 308 g/mol. The van der Waals surface area contributed by atoms with Gasteiger partial charge in [0, 0.05) is 18.8 Å². The average molecular weight is 308 g/mol. The maximum atomic E-state index is 12.5. The standard InChI is InChI=1S/C20H24N2O/c1-14-10-15(2)20(16(3)11-14)21-12-19(23)22-9-8-17-6-4-5-7-18(17)13-22/h4-7,10-11,21H,8-9,12-13H2,1-3H3. The van der Waals surface area contributed by atoms with E-state index in [0.29, 0.717) is 6.54 Å². The molecule has 1 heterocycles. The second-order valence-corrected chi connectivity index (χ2v) is 6.46. The highest BCUT2D eigenvalue weighted by Gasteiger charge is 2.20. The van der Waals surface area contributed by atoms with Crippen LogP contribution in [0, 0.1) is 20.8 Å². The predicted octanol–water partition coefficient (Wildman–Crippen LogP) is 3.61. The molecule has 0 saturated carbocycles. The quantitative estimate of drug-likeness (QED) is 0.939. The van der Waals surface area contributed by atoms with Crippen LogP contribution in [0.2, 0.25) is 0 Å². The van der Waals surface area contributed by atoms with Gasteiger partial charge in [-0.3, -0.25) is 4.79 Å². The SMILES string of the molecule is Cc1cc(C)c(NCC(=O)N2CCc3ccccc3C2)c(C)c1. The van der Waals surface area contributed by atoms with Crippen LogP contribution >= 0.6 is 0 Å². The Kier molecular flexibility index (Phi) is 4.37. The number of nitrogens with one attached hydrogen (secondary N) is 1. The summed E-state index contributed by atoms with van der Waals surface area (Å²) in [7, 11) is 0. The Morgan fingerprint density at radius 3 is 2.43 bits per heavy atom. The predicted molar refractivity (Wildman–Crippen MR) is 94.7 cm³/mol. The zero-order valence-electron chi connectivity index (χ0n) is 14.1. The first-order chi connectivity index (χ1) is 11.0. The normalized spacial score (nSPS) is 13.6. The molecule has 0 aromatic heterocycles. The minimum atomic E-state index is 0.166. The highest BCUT2D eigenvalue weighted by Crippen LogP contribution is 2.22. The number of carbonyl (C=O) groups excluding carboxylic acids is 1. The van der Waals surface area contributed by atoms with Crippen LogP contribution in [0.3, 0.4) is 0 Å². The number of benzene rings is 2. The molecule has 0 fully saturated rings. The van der Waals surface area contributed by atoms with Crippen molar-refractivity contribution in [3.05, 3.63) is 64.2 Å². The topological polar surface area (TPSA) is 32.3 Å². The van der Waals surface area contributed by atoms with Crippen molar-refractivity contribution in [1.29, 1.82) is 0 Å². The summed E-state index contributed by atoms with van der Waals surface area (Å²) in [6, 6.07) is 12.7. The van der Waals surface area contributed by atoms with Crippen LogP contribution < -0.4 is 5.32 Å². The minimum Gasteiger partial charge on any atom is -0.376 e. The molecule has 0 saturated heterocycles. The van der Waals surface area contributed by atoms with Gasteiger partial charge < -0.3 is 10.2 Å². The van der Waals surface area contributed by atoms with Crippen molar-refractivity contribution in [1.82, 2.24) is 4.90 Å². The molecule has 0 radical (unpaired) electrons. The lowest BCUT2D eigenvalue weighted by Crippen LogP contribution is -2.39. The first-order valence-electron chi connectivity index (χ1n) is 8.21. The number of nitrogens with zero attached hydrogens (tertiary/aromatic N) is 1. The molecular formula is C20H24N2O. The fourth-order valence-electron chi connectivity index (χ4n) is 3.44. The van der Waals surface area contributed by atoms with Crippen LogP contribution in [0.25, 0.3) is 0 Å². The van der Waals surface area contributed by atoms with Crippen LogP contribution in [0.5, 0.6) is 0 Å². The number of aryl methyl sites for hydroxylation is 3. The zero-order chi connectivity index (χ0) is 16.4. The van der Waals surface area contributed by atoms with E-state index in [2.05, 4.69) is 56.4 Å². The molecule has 3 nitrogen and oxygen atoms in total. The number of carbonyl (C=O) groups is 1. The third-order valence-corrected chi connectivity index (χ3v) is 4.58. The molecule has 0 unspecified atom stereocenters. The molecule has 3 rings (SSSR count). The van der Waals surface area contributed by atoms with E-state index in [9.17, 15) is 4.79 Å². The zero-order valence-corrected chi connectivity index (χ0v) is 14.1. The van der Waals surface area contributed by atoms with Crippen molar-refractivity contribution in [2.24, 2.45) is 0 Å². The number of amides is 1. The average Bonchev–Trinajstić information content (AvgIpc) is 2.53. The van der Waals surface area contributed by atoms with Gasteiger partial charge in [-0.25, -0.2) is 0 Å². The number of hydrogen-bond acceptors (Lipinski definition) is 2. The summed E-state index contributed by atoms with van der Waals surface area (Å²) in [6.07, 6.45) is 0.949. The van der Waals surface area contributed by atoms with Crippen molar-refractivity contribution in [2.45, 2.75) is 33.7 Å². The molecule has 1 aliphatic rings. The molecule has 1 N–H and O–H groups in total. The first-order valence-corrected chi connectivity index (χ1v) is 8.21. The van der Waals surface area contributed by atoms with Gasteiger partial charge in [0.1, 0.15) is 0 Å². The van der Waals surface area contributed by atoms with Gasteiger partial charge in [0.2, 0.25) is 5.91 Å². The van der Waals surface area contributed by atoms with Crippen molar-refractivity contribution in [2.75, 3.05) is 18.4 Å². The Balaban J connectivity index is 1.65. The summed E-state index contributed by atoms with van der Waals surface area (Å²) in [5.41, 5.74) is 7.37. The molecule has 0 bridgehead atoms. The molecule has 1 amide bonds. The van der Waals surface area contributed by atoms with Gasteiger partial charge in [-0.2, -0.15) is 0 Å². The Morgan fingerprint density at radius 2 is 1.74 bits per heavy atom. The van der Waals surface area contributed by atoms with Crippen molar-refractivity contribution >= 4 is 11.6 Å². The number of hydrogen-bond donors (Lipinski definition) is 1. The second-order valence-electron chi connectivity index (χ2n) is 6.46. The molecule has 0 atom stereocenters. The molecule has 1 aliphatic heterocycles. The Morgan fingerprint density at radius 1 is 1.09 bits per heavy atom. The molecule has 3 heteroatoms. The van der Waals surface area contributed by atoms with Crippen molar-refractivity contribution < 1.29 is 4.79 Å². The van der Waals surface area contributed by atoms with E-state index in [4.69, 9.17) is 0 Å². The summed E-state index contributed by atoms with van der Waals surface area (Å²) in [4.78, 5) is 14.5. The Bertz CT molecular complexity index is 713. The first kappa shape index (κ1) is 15.6. The maximum Gasteiger partial charge on any atom is 0.242 e. The molecule has 120 valence electrons. The van der Waals surface area contributed by atoms with Gasteiger partial charge in [0.05, 0.1) is 6.54 Å². The largest absolute Gasteiger partial charge is 0.376 e. The lowest BCUT2D eigenvalue weighted by Gasteiger charge is -2.29. The van der Waals surface area contributed by atoms with E-state index in [1.54, 1.807) is 0 Å². The van der Waals surface area contributed by atoms with Crippen LogP contribution in [0.1, 0.15) is 27.8 Å². The summed E-state index contributed by atoms with van der Waals surface area (Å²) >= 11 is 0. The van der Waals surface area contributed by atoms with Gasteiger partial charge in [-0.05, 0) is 49.4 Å². The highest BCUT2D eigenvalue weighted by molar-refractivity contribution is 5.81. The summed E-state index contributed by atoms with van der Waals surface area (Å²) in [6.45, 7) is 8.16. The fraction of sp³-hybridized carbons (Fsp3) is 0.350. The van der Waals surface area contributed by atoms with Crippen molar-refractivity contribution in [3.8, 4) is 0 Å². The molecule has 2 aromatic rings. The summed E-state index contributed by atoms with van der Waals surface area (Å²) < 4.78 is 0. The molecule has 23 heavy (non-hydrogen) atoms. The second kappa shape index (κ2) is 6.45. The Labute approximate surface area is 138 Å². The maximum absolute atomic E-state index is 12.5.